The lowest BCUT2D eigenvalue weighted by atomic mass is 10.1. The Bertz CT molecular complexity index is 419. The number of aliphatic hydroxyl groups is 1. The largest absolute Gasteiger partial charge is 0.505 e. The number of rotatable bonds is 5. The van der Waals surface area contributed by atoms with E-state index in [-0.39, 0.29) is 23.5 Å². The maximum atomic E-state index is 11.8. The number of aromatic hydroxyl groups is 1. The number of hydrogen-bond acceptors (Lipinski definition) is 4. The first-order valence-electron chi connectivity index (χ1n) is 5.95. The number of nitrogen functional groups attached to an aromatic ring is 1. The molecule has 0 spiro atoms. The standard InChI is InChI=1S/C13H20N2O3/c1-8(2)6-9(16)7-15-13(18)10-4-3-5-11(14)12(10)17/h3-5,8-9,16-17H,6-7,14H2,1-2H3,(H,15,18). The zero-order valence-corrected chi connectivity index (χ0v) is 10.7. The van der Waals surface area contributed by atoms with Crippen LogP contribution in [0.5, 0.6) is 5.75 Å². The summed E-state index contributed by atoms with van der Waals surface area (Å²) in [6.45, 7) is 4.15. The number of hydrogen-bond donors (Lipinski definition) is 4. The van der Waals surface area contributed by atoms with Crippen molar-refractivity contribution in [3.63, 3.8) is 0 Å². The van der Waals surface area contributed by atoms with E-state index in [0.717, 1.165) is 0 Å². The van der Waals surface area contributed by atoms with Crippen molar-refractivity contribution in [3.05, 3.63) is 23.8 Å². The van der Waals surface area contributed by atoms with E-state index in [2.05, 4.69) is 5.32 Å². The third-order valence-corrected chi connectivity index (χ3v) is 2.55. The Morgan fingerprint density at radius 3 is 2.72 bits per heavy atom. The number of aliphatic hydroxyl groups excluding tert-OH is 1. The number of anilines is 1. The van der Waals surface area contributed by atoms with Crippen LogP contribution in [-0.2, 0) is 0 Å². The predicted octanol–water partition coefficient (Wildman–Crippen LogP) is 1.11. The van der Waals surface area contributed by atoms with E-state index in [1.54, 1.807) is 6.07 Å². The quantitative estimate of drug-likeness (QED) is 0.466. The molecule has 1 amide bonds. The molecule has 1 aromatic carbocycles. The molecule has 18 heavy (non-hydrogen) atoms. The molecule has 5 heteroatoms. The Morgan fingerprint density at radius 1 is 1.44 bits per heavy atom. The van der Waals surface area contributed by atoms with Gasteiger partial charge < -0.3 is 21.3 Å². The first kappa shape index (κ1) is 14.3. The lowest BCUT2D eigenvalue weighted by Crippen LogP contribution is -2.32. The summed E-state index contributed by atoms with van der Waals surface area (Å²) in [5.41, 5.74) is 5.78. The van der Waals surface area contributed by atoms with E-state index >= 15 is 0 Å². The number of amides is 1. The van der Waals surface area contributed by atoms with Crippen molar-refractivity contribution in [1.29, 1.82) is 0 Å². The van der Waals surface area contributed by atoms with Crippen LogP contribution in [0.1, 0.15) is 30.6 Å². The molecule has 0 bridgehead atoms. The molecule has 0 aliphatic rings. The lowest BCUT2D eigenvalue weighted by Gasteiger charge is -2.14. The highest BCUT2D eigenvalue weighted by molar-refractivity contribution is 5.98. The molecule has 1 unspecified atom stereocenters. The van der Waals surface area contributed by atoms with Gasteiger partial charge in [-0.15, -0.1) is 0 Å². The number of benzene rings is 1. The second kappa shape index (κ2) is 6.26. The number of para-hydroxylation sites is 1. The number of nitrogens with two attached hydrogens (primary N) is 1. The number of nitrogens with one attached hydrogen (secondary N) is 1. The summed E-state index contributed by atoms with van der Waals surface area (Å²) in [4.78, 5) is 11.8. The molecule has 0 aliphatic carbocycles. The number of phenols is 1. The fraction of sp³-hybridized carbons (Fsp3) is 0.462. The van der Waals surface area contributed by atoms with Crippen molar-refractivity contribution in [2.75, 3.05) is 12.3 Å². The molecular weight excluding hydrogens is 232 g/mol. The minimum atomic E-state index is -0.586. The van der Waals surface area contributed by atoms with Gasteiger partial charge in [-0.1, -0.05) is 19.9 Å². The van der Waals surface area contributed by atoms with Crippen molar-refractivity contribution in [2.45, 2.75) is 26.4 Å². The molecule has 1 atom stereocenters. The summed E-state index contributed by atoms with van der Waals surface area (Å²) in [7, 11) is 0. The molecule has 1 aromatic rings. The predicted molar refractivity (Wildman–Crippen MR) is 70.3 cm³/mol. The van der Waals surface area contributed by atoms with E-state index in [1.807, 2.05) is 13.8 Å². The van der Waals surface area contributed by atoms with Crippen LogP contribution >= 0.6 is 0 Å². The van der Waals surface area contributed by atoms with Crippen LogP contribution in [0.15, 0.2) is 18.2 Å². The van der Waals surface area contributed by atoms with Crippen molar-refractivity contribution in [2.24, 2.45) is 5.92 Å². The maximum Gasteiger partial charge on any atom is 0.255 e. The third kappa shape index (κ3) is 3.92. The summed E-state index contributed by atoms with van der Waals surface area (Å²) < 4.78 is 0. The normalized spacial score (nSPS) is 12.4. The summed E-state index contributed by atoms with van der Waals surface area (Å²) in [6, 6.07) is 4.59. The third-order valence-electron chi connectivity index (χ3n) is 2.55. The topological polar surface area (TPSA) is 95.6 Å². The molecule has 0 saturated heterocycles. The molecule has 0 aromatic heterocycles. The van der Waals surface area contributed by atoms with Crippen molar-refractivity contribution >= 4 is 11.6 Å². The van der Waals surface area contributed by atoms with Crippen LogP contribution in [0.25, 0.3) is 0 Å². The van der Waals surface area contributed by atoms with E-state index < -0.39 is 12.0 Å². The number of carbonyl (C=O) groups excluding carboxylic acids is 1. The SMILES string of the molecule is CC(C)CC(O)CNC(=O)c1cccc(N)c1O. The minimum Gasteiger partial charge on any atom is -0.505 e. The van der Waals surface area contributed by atoms with Gasteiger partial charge in [-0.25, -0.2) is 0 Å². The zero-order chi connectivity index (χ0) is 13.7. The molecule has 0 fully saturated rings. The Hall–Kier alpha value is -1.75. The molecule has 0 radical (unpaired) electrons. The van der Waals surface area contributed by atoms with E-state index in [4.69, 9.17) is 5.73 Å². The highest BCUT2D eigenvalue weighted by atomic mass is 16.3. The average molecular weight is 252 g/mol. The summed E-state index contributed by atoms with van der Waals surface area (Å²) in [5.74, 6) is -0.311. The first-order chi connectivity index (χ1) is 8.41. The van der Waals surface area contributed by atoms with Crippen LogP contribution in [0.2, 0.25) is 0 Å². The lowest BCUT2D eigenvalue weighted by molar-refractivity contribution is 0.0897. The van der Waals surface area contributed by atoms with Gasteiger partial charge >= 0.3 is 0 Å². The molecule has 0 saturated carbocycles. The average Bonchev–Trinajstić information content (AvgIpc) is 2.29. The van der Waals surface area contributed by atoms with Gasteiger partial charge in [0.1, 0.15) is 0 Å². The molecule has 5 N–H and O–H groups in total. The van der Waals surface area contributed by atoms with Gasteiger partial charge in [0.15, 0.2) is 5.75 Å². The van der Waals surface area contributed by atoms with Gasteiger partial charge in [0.25, 0.3) is 5.91 Å². The van der Waals surface area contributed by atoms with Crippen LogP contribution in [0, 0.1) is 5.92 Å². The van der Waals surface area contributed by atoms with E-state index in [0.29, 0.717) is 12.3 Å². The Kier molecular flexibility index (Phi) is 4.97. The van der Waals surface area contributed by atoms with Crippen LogP contribution in [-0.4, -0.2) is 28.8 Å². The summed E-state index contributed by atoms with van der Waals surface area (Å²) in [5, 5.41) is 21.8. The second-order valence-electron chi connectivity index (χ2n) is 4.74. The number of phenolic OH excluding ortho intramolecular Hbond substituents is 1. The van der Waals surface area contributed by atoms with Gasteiger partial charge in [0.05, 0.1) is 17.4 Å². The zero-order valence-electron chi connectivity index (χ0n) is 10.7. The van der Waals surface area contributed by atoms with Crippen LogP contribution in [0.3, 0.4) is 0 Å². The highest BCUT2D eigenvalue weighted by Crippen LogP contribution is 2.24. The van der Waals surface area contributed by atoms with Crippen LogP contribution in [0.4, 0.5) is 5.69 Å². The molecule has 1 rings (SSSR count). The molecular formula is C13H20N2O3. The van der Waals surface area contributed by atoms with Crippen molar-refractivity contribution in [3.8, 4) is 5.75 Å². The monoisotopic (exact) mass is 252 g/mol. The van der Waals surface area contributed by atoms with E-state index in [1.165, 1.54) is 12.1 Å². The van der Waals surface area contributed by atoms with Gasteiger partial charge in [0.2, 0.25) is 0 Å². The van der Waals surface area contributed by atoms with Gasteiger partial charge in [-0.05, 0) is 24.5 Å². The minimum absolute atomic E-state index is 0.117. The van der Waals surface area contributed by atoms with Crippen LogP contribution < -0.4 is 11.1 Å². The smallest absolute Gasteiger partial charge is 0.255 e. The molecule has 100 valence electrons. The summed E-state index contributed by atoms with van der Waals surface area (Å²) >= 11 is 0. The fourth-order valence-electron chi connectivity index (χ4n) is 1.68. The Morgan fingerprint density at radius 2 is 2.11 bits per heavy atom. The first-order valence-corrected chi connectivity index (χ1v) is 5.95. The molecule has 5 nitrogen and oxygen atoms in total. The molecule has 0 heterocycles. The fourth-order valence-corrected chi connectivity index (χ4v) is 1.68. The number of carbonyl (C=O) groups is 1. The Balaban J connectivity index is 2.58. The maximum absolute atomic E-state index is 11.8. The second-order valence-corrected chi connectivity index (χ2v) is 4.74. The molecule has 0 aliphatic heterocycles. The van der Waals surface area contributed by atoms with Gasteiger partial charge in [-0.2, -0.15) is 0 Å². The van der Waals surface area contributed by atoms with E-state index in [9.17, 15) is 15.0 Å². The van der Waals surface area contributed by atoms with Crippen molar-refractivity contribution < 1.29 is 15.0 Å². The summed E-state index contributed by atoms with van der Waals surface area (Å²) in [6.07, 6.45) is 0.0283. The van der Waals surface area contributed by atoms with Gasteiger partial charge in [-0.3, -0.25) is 4.79 Å². The Labute approximate surface area is 107 Å². The highest BCUT2D eigenvalue weighted by Gasteiger charge is 2.14. The van der Waals surface area contributed by atoms with Gasteiger partial charge in [0, 0.05) is 6.54 Å². The van der Waals surface area contributed by atoms with Crippen molar-refractivity contribution in [1.82, 2.24) is 5.32 Å².